The number of aliphatic imine (C=N–C) groups is 1. The number of nitrogens with one attached hydrogen (secondary N) is 1. The number of anilines is 1. The Bertz CT molecular complexity index is 1120. The average Bonchev–Trinajstić information content (AvgIpc) is 2.87. The van der Waals surface area contributed by atoms with Crippen LogP contribution in [0.25, 0.3) is 0 Å². The summed E-state index contributed by atoms with van der Waals surface area (Å²) in [6, 6.07) is 22.3. The van der Waals surface area contributed by atoms with Gasteiger partial charge in [0.05, 0.1) is 6.54 Å². The number of hydrogen-bond donors (Lipinski definition) is 1. The molecule has 0 aromatic heterocycles. The first kappa shape index (κ1) is 24.2. The lowest BCUT2D eigenvalue weighted by molar-refractivity contribution is 0.0985. The summed E-state index contributed by atoms with van der Waals surface area (Å²) in [4.78, 5) is 17.1. The number of fused-ring (bicyclic) bond motifs is 1. The molecule has 1 N–H and O–H groups in total. The first-order valence-electron chi connectivity index (χ1n) is 11.9. The number of para-hydroxylation sites is 1. The van der Waals surface area contributed by atoms with Crippen LogP contribution in [0.1, 0.15) is 67.7 Å². The predicted molar refractivity (Wildman–Crippen MR) is 140 cm³/mol. The van der Waals surface area contributed by atoms with E-state index in [1.807, 2.05) is 70.2 Å². The highest BCUT2D eigenvalue weighted by atomic mass is 16.5. The molecule has 0 radical (unpaired) electrons. The Morgan fingerprint density at radius 2 is 1.82 bits per heavy atom. The van der Waals surface area contributed by atoms with E-state index in [1.54, 1.807) is 0 Å². The largest absolute Gasteiger partial charge is 0.489 e. The summed E-state index contributed by atoms with van der Waals surface area (Å²) < 4.78 is 6.05. The third-order valence-corrected chi connectivity index (χ3v) is 5.63. The van der Waals surface area contributed by atoms with Gasteiger partial charge in [-0.15, -0.1) is 0 Å². The highest BCUT2D eigenvalue weighted by Crippen LogP contribution is 2.23. The number of carbonyl (C=O) groups is 1. The quantitative estimate of drug-likeness (QED) is 0.386. The molecule has 1 aliphatic heterocycles. The second-order valence-corrected chi connectivity index (χ2v) is 7.87. The molecule has 0 fully saturated rings. The van der Waals surface area contributed by atoms with Gasteiger partial charge >= 0.3 is 0 Å². The van der Waals surface area contributed by atoms with Crippen LogP contribution in [0.2, 0.25) is 0 Å². The molecule has 4 heteroatoms. The minimum absolute atomic E-state index is 0. The fourth-order valence-electron chi connectivity index (χ4n) is 3.96. The number of hydrogen-bond acceptors (Lipinski definition) is 3. The van der Waals surface area contributed by atoms with Gasteiger partial charge in [0.25, 0.3) is 0 Å². The summed E-state index contributed by atoms with van der Waals surface area (Å²) >= 11 is 0. The van der Waals surface area contributed by atoms with Crippen molar-refractivity contribution in [1.29, 1.82) is 0 Å². The maximum Gasteiger partial charge on any atom is 0.163 e. The van der Waals surface area contributed by atoms with Gasteiger partial charge in [-0.1, -0.05) is 69.3 Å². The van der Waals surface area contributed by atoms with Crippen LogP contribution in [0.4, 0.5) is 5.69 Å². The molecule has 174 valence electrons. The first-order valence-corrected chi connectivity index (χ1v) is 11.9. The van der Waals surface area contributed by atoms with Gasteiger partial charge in [-0.3, -0.25) is 9.79 Å². The molecular formula is C29H36N2O2. The summed E-state index contributed by atoms with van der Waals surface area (Å²) in [7, 11) is 0. The Morgan fingerprint density at radius 1 is 1.03 bits per heavy atom. The van der Waals surface area contributed by atoms with Crippen LogP contribution in [0.3, 0.4) is 0 Å². The van der Waals surface area contributed by atoms with E-state index in [0.29, 0.717) is 19.6 Å². The first-order chi connectivity index (χ1) is 16.1. The number of benzene rings is 3. The van der Waals surface area contributed by atoms with Crippen molar-refractivity contribution >= 4 is 17.3 Å². The number of rotatable bonds is 7. The zero-order valence-corrected chi connectivity index (χ0v) is 20.2. The Morgan fingerprint density at radius 3 is 2.64 bits per heavy atom. The van der Waals surface area contributed by atoms with Crippen LogP contribution in [-0.4, -0.2) is 11.6 Å². The zero-order valence-electron chi connectivity index (χ0n) is 20.2. The van der Waals surface area contributed by atoms with Crippen molar-refractivity contribution in [2.75, 3.05) is 5.32 Å². The Kier molecular flexibility index (Phi) is 8.82. The second-order valence-electron chi connectivity index (χ2n) is 7.87. The average molecular weight is 445 g/mol. The maximum atomic E-state index is 12.4. The topological polar surface area (TPSA) is 50.7 Å². The van der Waals surface area contributed by atoms with Crippen molar-refractivity contribution in [3.63, 3.8) is 0 Å². The van der Waals surface area contributed by atoms with Gasteiger partial charge < -0.3 is 10.1 Å². The molecule has 4 nitrogen and oxygen atoms in total. The van der Waals surface area contributed by atoms with Crippen molar-refractivity contribution in [2.45, 2.75) is 60.1 Å². The fourth-order valence-corrected chi connectivity index (χ4v) is 3.96. The van der Waals surface area contributed by atoms with Gasteiger partial charge in [0.2, 0.25) is 0 Å². The lowest BCUT2D eigenvalue weighted by Crippen LogP contribution is -2.19. The molecule has 0 bridgehead atoms. The minimum Gasteiger partial charge on any atom is -0.489 e. The maximum absolute atomic E-state index is 12.4. The molecule has 0 amide bonds. The molecular weight excluding hydrogens is 408 g/mol. The van der Waals surface area contributed by atoms with Crippen molar-refractivity contribution in [1.82, 2.24) is 0 Å². The number of ether oxygens (including phenoxy) is 1. The predicted octanol–water partition coefficient (Wildman–Crippen LogP) is 7.40. The third kappa shape index (κ3) is 6.32. The van der Waals surface area contributed by atoms with Crippen LogP contribution < -0.4 is 10.1 Å². The lowest BCUT2D eigenvalue weighted by atomic mass is 9.97. The van der Waals surface area contributed by atoms with E-state index in [4.69, 9.17) is 9.73 Å². The van der Waals surface area contributed by atoms with E-state index < -0.39 is 0 Å². The summed E-state index contributed by atoms with van der Waals surface area (Å²) in [6.45, 7) is 8.85. The molecule has 0 aliphatic carbocycles. The molecule has 0 saturated carbocycles. The van der Waals surface area contributed by atoms with E-state index in [1.165, 1.54) is 5.56 Å². The van der Waals surface area contributed by atoms with Gasteiger partial charge in [0, 0.05) is 31.1 Å². The van der Waals surface area contributed by atoms with Crippen molar-refractivity contribution in [3.8, 4) is 5.75 Å². The second kappa shape index (κ2) is 12.0. The summed E-state index contributed by atoms with van der Waals surface area (Å²) in [5.74, 6) is 1.96. The smallest absolute Gasteiger partial charge is 0.163 e. The fraction of sp³-hybridized carbons (Fsp3) is 0.310. The van der Waals surface area contributed by atoms with Crippen LogP contribution in [0.15, 0.2) is 71.7 Å². The molecule has 33 heavy (non-hydrogen) atoms. The molecule has 0 saturated heterocycles. The van der Waals surface area contributed by atoms with Crippen molar-refractivity contribution in [2.24, 2.45) is 4.99 Å². The van der Waals surface area contributed by atoms with E-state index in [9.17, 15) is 4.79 Å². The summed E-state index contributed by atoms with van der Waals surface area (Å²) in [5, 5.41) is 3.44. The molecule has 1 aliphatic rings. The van der Waals surface area contributed by atoms with Crippen LogP contribution in [-0.2, 0) is 19.6 Å². The highest BCUT2D eigenvalue weighted by molar-refractivity contribution is 5.99. The third-order valence-electron chi connectivity index (χ3n) is 5.63. The standard InChI is InChI=1S/C27H28N2O2.C2H6.H2/c1-3-25(30)27-19(2)8-6-11-22(27)18-31-23-12-7-9-20(16-23)17-28-26-15-14-21-10-4-5-13-24(21)29-26;1-2;/h4-13,16H,3,14-15,17-18H2,1-2H3,(H,28,29);1-2H3;1H. The molecule has 0 unspecified atom stereocenters. The van der Waals surface area contributed by atoms with Crippen LogP contribution >= 0.6 is 0 Å². The monoisotopic (exact) mass is 444 g/mol. The van der Waals surface area contributed by atoms with Crippen LogP contribution in [0, 0.1) is 6.92 Å². The Hall–Kier alpha value is -3.40. The van der Waals surface area contributed by atoms with E-state index >= 15 is 0 Å². The lowest BCUT2D eigenvalue weighted by Gasteiger charge is -2.19. The number of aryl methyl sites for hydroxylation is 2. The number of Topliss-reactive ketones (excluding diaryl/α,β-unsaturated/α-hetero) is 1. The number of carbonyl (C=O) groups excluding carboxylic acids is 1. The zero-order chi connectivity index (χ0) is 23.6. The van der Waals surface area contributed by atoms with E-state index in [2.05, 4.69) is 29.6 Å². The van der Waals surface area contributed by atoms with Gasteiger partial charge in [-0.05, 0) is 48.2 Å². The van der Waals surface area contributed by atoms with Crippen molar-refractivity contribution < 1.29 is 11.0 Å². The molecule has 3 aromatic carbocycles. The van der Waals surface area contributed by atoms with Crippen molar-refractivity contribution in [3.05, 3.63) is 94.5 Å². The Balaban J connectivity index is 0.00000133. The van der Waals surface area contributed by atoms with Gasteiger partial charge in [-0.25, -0.2) is 0 Å². The Labute approximate surface area is 199 Å². The van der Waals surface area contributed by atoms with Gasteiger partial charge in [0.1, 0.15) is 18.2 Å². The SMILES string of the molecule is CC.CCC(=O)c1c(C)cccc1COc1cccc(CN=C2CCc3ccccc3N2)c1.[HH]. The molecule has 3 aromatic rings. The number of nitrogens with zero attached hydrogens (tertiary/aromatic N) is 1. The summed E-state index contributed by atoms with van der Waals surface area (Å²) in [6.07, 6.45) is 2.43. The molecule has 0 spiro atoms. The molecule has 1 heterocycles. The molecule has 0 atom stereocenters. The normalized spacial score (nSPS) is 13.4. The van der Waals surface area contributed by atoms with Crippen LogP contribution in [0.5, 0.6) is 5.75 Å². The van der Waals surface area contributed by atoms with Gasteiger partial charge in [0.15, 0.2) is 5.78 Å². The number of amidine groups is 1. The van der Waals surface area contributed by atoms with Gasteiger partial charge in [-0.2, -0.15) is 0 Å². The highest BCUT2D eigenvalue weighted by Gasteiger charge is 2.14. The molecule has 4 rings (SSSR count). The number of ketones is 1. The minimum atomic E-state index is 0. The van der Waals surface area contributed by atoms with E-state index in [0.717, 1.165) is 52.4 Å². The summed E-state index contributed by atoms with van der Waals surface area (Å²) in [5.41, 5.74) is 6.31. The van der Waals surface area contributed by atoms with E-state index in [-0.39, 0.29) is 7.21 Å².